The second-order valence-electron chi connectivity index (χ2n) is 5.55. The van der Waals surface area contributed by atoms with Gasteiger partial charge >= 0.3 is 0 Å². The van der Waals surface area contributed by atoms with Gasteiger partial charge in [-0.25, -0.2) is 8.42 Å². The van der Waals surface area contributed by atoms with Crippen LogP contribution in [0.2, 0.25) is 0 Å². The second-order valence-corrected chi connectivity index (χ2v) is 7.78. The van der Waals surface area contributed by atoms with E-state index in [1.165, 1.54) is 0 Å². The number of nitrogens with zero attached hydrogens (tertiary/aromatic N) is 1. The summed E-state index contributed by atoms with van der Waals surface area (Å²) in [5.74, 6) is 1.45. The van der Waals surface area contributed by atoms with Crippen LogP contribution in [-0.4, -0.2) is 51.1 Å². The van der Waals surface area contributed by atoms with Crippen LogP contribution < -0.4 is 10.5 Å². The fraction of sp³-hybridized carbons (Fsp3) is 0.600. The zero-order valence-corrected chi connectivity index (χ0v) is 13.3. The van der Waals surface area contributed by atoms with Crippen LogP contribution in [0, 0.1) is 0 Å². The smallest absolute Gasteiger partial charge is 0.151 e. The van der Waals surface area contributed by atoms with Gasteiger partial charge in [0, 0.05) is 24.7 Å². The Kier molecular flexibility index (Phi) is 5.61. The monoisotopic (exact) mass is 312 g/mol. The van der Waals surface area contributed by atoms with Crippen LogP contribution in [0.4, 0.5) is 0 Å². The zero-order valence-electron chi connectivity index (χ0n) is 12.5. The fourth-order valence-corrected chi connectivity index (χ4v) is 4.42. The molecule has 21 heavy (non-hydrogen) atoms. The third-order valence-corrected chi connectivity index (χ3v) is 5.69. The van der Waals surface area contributed by atoms with Crippen LogP contribution in [0.3, 0.4) is 0 Å². The maximum absolute atomic E-state index is 11.5. The van der Waals surface area contributed by atoms with Crippen molar-refractivity contribution in [2.75, 3.05) is 31.7 Å². The highest BCUT2D eigenvalue weighted by Gasteiger charge is 2.30. The van der Waals surface area contributed by atoms with Crippen LogP contribution in [0.15, 0.2) is 24.3 Å². The Hall–Kier alpha value is -1.11. The van der Waals surface area contributed by atoms with Crippen molar-refractivity contribution in [1.29, 1.82) is 0 Å². The SMILES string of the molecule is CN(CCCOc1ccccc1CN)C1CCS(=O)(=O)C1. The van der Waals surface area contributed by atoms with E-state index in [1.54, 1.807) is 0 Å². The molecule has 0 saturated carbocycles. The lowest BCUT2D eigenvalue weighted by Gasteiger charge is -2.23. The Labute approximate surface area is 127 Å². The van der Waals surface area contributed by atoms with E-state index in [0.29, 0.717) is 24.7 Å². The standard InChI is InChI=1S/C15H24N2O3S/c1-17(14-7-10-21(18,19)12-14)8-4-9-20-15-6-3-2-5-13(15)11-16/h2-3,5-6,14H,4,7-12,16H2,1H3. The molecule has 1 atom stereocenters. The Bertz CT molecular complexity index is 560. The van der Waals surface area contributed by atoms with Crippen LogP contribution in [-0.2, 0) is 16.4 Å². The first-order chi connectivity index (χ1) is 10.0. The average Bonchev–Trinajstić information content (AvgIpc) is 2.84. The lowest BCUT2D eigenvalue weighted by atomic mass is 10.2. The molecule has 0 aliphatic carbocycles. The van der Waals surface area contributed by atoms with Crippen molar-refractivity contribution >= 4 is 9.84 Å². The van der Waals surface area contributed by atoms with Crippen molar-refractivity contribution in [2.24, 2.45) is 5.73 Å². The minimum absolute atomic E-state index is 0.159. The topological polar surface area (TPSA) is 72.6 Å². The lowest BCUT2D eigenvalue weighted by Crippen LogP contribution is -2.34. The van der Waals surface area contributed by atoms with Gasteiger partial charge in [-0.2, -0.15) is 0 Å². The average molecular weight is 312 g/mol. The first-order valence-corrected chi connectivity index (χ1v) is 9.15. The number of ether oxygens (including phenoxy) is 1. The summed E-state index contributed by atoms with van der Waals surface area (Å²) in [5, 5.41) is 0. The maximum atomic E-state index is 11.5. The van der Waals surface area contributed by atoms with Gasteiger partial charge in [0.2, 0.25) is 0 Å². The third-order valence-electron chi connectivity index (χ3n) is 3.94. The van der Waals surface area contributed by atoms with E-state index in [9.17, 15) is 8.42 Å². The number of benzene rings is 1. The number of rotatable bonds is 7. The molecule has 1 aromatic carbocycles. The van der Waals surface area contributed by atoms with Crippen molar-refractivity contribution < 1.29 is 13.2 Å². The maximum Gasteiger partial charge on any atom is 0.151 e. The molecule has 1 aliphatic rings. The number of hydrogen-bond acceptors (Lipinski definition) is 5. The normalized spacial score (nSPS) is 20.8. The highest BCUT2D eigenvalue weighted by atomic mass is 32.2. The Balaban J connectivity index is 1.72. The molecular formula is C15H24N2O3S. The minimum atomic E-state index is -2.81. The molecule has 1 aliphatic heterocycles. The lowest BCUT2D eigenvalue weighted by molar-refractivity contribution is 0.226. The molecule has 2 N–H and O–H groups in total. The minimum Gasteiger partial charge on any atom is -0.493 e. The molecule has 5 nitrogen and oxygen atoms in total. The molecule has 0 bridgehead atoms. The summed E-state index contributed by atoms with van der Waals surface area (Å²) < 4.78 is 28.7. The highest BCUT2D eigenvalue weighted by Crippen LogP contribution is 2.18. The molecule has 1 unspecified atom stereocenters. The summed E-state index contributed by atoms with van der Waals surface area (Å²) in [5.41, 5.74) is 6.67. The van der Waals surface area contributed by atoms with Crippen LogP contribution in [0.1, 0.15) is 18.4 Å². The predicted molar refractivity (Wildman–Crippen MR) is 84.1 cm³/mol. The predicted octanol–water partition coefficient (Wildman–Crippen LogP) is 1.03. The molecule has 0 aromatic heterocycles. The molecular weight excluding hydrogens is 288 g/mol. The van der Waals surface area contributed by atoms with Crippen molar-refractivity contribution in [3.8, 4) is 5.75 Å². The number of sulfone groups is 1. The Morgan fingerprint density at radius 2 is 2.14 bits per heavy atom. The summed E-state index contributed by atoms with van der Waals surface area (Å²) in [6.07, 6.45) is 1.61. The van der Waals surface area contributed by atoms with E-state index in [-0.39, 0.29) is 6.04 Å². The van der Waals surface area contributed by atoms with Crippen molar-refractivity contribution in [3.63, 3.8) is 0 Å². The summed E-state index contributed by atoms with van der Waals surface area (Å²) in [6, 6.07) is 7.93. The molecule has 0 amide bonds. The number of hydrogen-bond donors (Lipinski definition) is 1. The van der Waals surface area contributed by atoms with Gasteiger partial charge in [-0.15, -0.1) is 0 Å². The Morgan fingerprint density at radius 1 is 1.38 bits per heavy atom. The molecule has 1 saturated heterocycles. The summed E-state index contributed by atoms with van der Waals surface area (Å²) >= 11 is 0. The molecule has 1 heterocycles. The van der Waals surface area contributed by atoms with Gasteiger partial charge in [-0.05, 0) is 26.0 Å². The van der Waals surface area contributed by atoms with Crippen molar-refractivity contribution in [1.82, 2.24) is 4.90 Å². The largest absolute Gasteiger partial charge is 0.493 e. The molecule has 1 fully saturated rings. The molecule has 6 heteroatoms. The summed E-state index contributed by atoms with van der Waals surface area (Å²) in [7, 11) is -0.824. The first kappa shape index (κ1) is 16.3. The van der Waals surface area contributed by atoms with E-state index in [2.05, 4.69) is 4.90 Å². The van der Waals surface area contributed by atoms with Gasteiger partial charge in [0.25, 0.3) is 0 Å². The first-order valence-electron chi connectivity index (χ1n) is 7.33. The van der Waals surface area contributed by atoms with Crippen molar-refractivity contribution in [3.05, 3.63) is 29.8 Å². The fourth-order valence-electron chi connectivity index (χ4n) is 2.61. The molecule has 2 rings (SSSR count). The zero-order chi connectivity index (χ0) is 15.3. The molecule has 0 spiro atoms. The van der Waals surface area contributed by atoms with E-state index in [4.69, 9.17) is 10.5 Å². The summed E-state index contributed by atoms with van der Waals surface area (Å²) in [4.78, 5) is 2.13. The van der Waals surface area contributed by atoms with Gasteiger partial charge in [0.05, 0.1) is 18.1 Å². The Morgan fingerprint density at radius 3 is 2.81 bits per heavy atom. The van der Waals surface area contributed by atoms with E-state index in [1.807, 2.05) is 31.3 Å². The van der Waals surface area contributed by atoms with Crippen molar-refractivity contribution in [2.45, 2.75) is 25.4 Å². The van der Waals surface area contributed by atoms with Crippen LogP contribution in [0.5, 0.6) is 5.75 Å². The van der Waals surface area contributed by atoms with Crippen LogP contribution in [0.25, 0.3) is 0 Å². The van der Waals surface area contributed by atoms with Crippen LogP contribution >= 0.6 is 0 Å². The van der Waals surface area contributed by atoms with Gasteiger partial charge in [0.1, 0.15) is 5.75 Å². The van der Waals surface area contributed by atoms with Gasteiger partial charge < -0.3 is 15.4 Å². The van der Waals surface area contributed by atoms with E-state index < -0.39 is 9.84 Å². The van der Waals surface area contributed by atoms with Gasteiger partial charge in [-0.3, -0.25) is 0 Å². The molecule has 118 valence electrons. The third kappa shape index (κ3) is 4.69. The second kappa shape index (κ2) is 7.24. The van der Waals surface area contributed by atoms with E-state index >= 15 is 0 Å². The number of para-hydroxylation sites is 1. The van der Waals surface area contributed by atoms with E-state index in [0.717, 1.165) is 30.7 Å². The highest BCUT2D eigenvalue weighted by molar-refractivity contribution is 7.91. The quantitative estimate of drug-likeness (QED) is 0.762. The van der Waals surface area contributed by atoms with Gasteiger partial charge in [0.15, 0.2) is 9.84 Å². The molecule has 1 aromatic rings. The molecule has 0 radical (unpaired) electrons. The summed E-state index contributed by atoms with van der Waals surface area (Å²) in [6.45, 7) is 1.92. The number of nitrogens with two attached hydrogens (primary N) is 1. The van der Waals surface area contributed by atoms with Gasteiger partial charge in [-0.1, -0.05) is 18.2 Å².